The summed E-state index contributed by atoms with van der Waals surface area (Å²) in [6.07, 6.45) is 1.55. The fourth-order valence-corrected chi connectivity index (χ4v) is 2.47. The average Bonchev–Trinajstić information content (AvgIpc) is 3.13. The van der Waals surface area contributed by atoms with E-state index >= 15 is 0 Å². The molecule has 0 radical (unpaired) electrons. The monoisotopic (exact) mass is 346 g/mol. The minimum absolute atomic E-state index is 0.466. The molecule has 7 nitrogen and oxygen atoms in total. The maximum atomic E-state index is 5.41. The normalized spacial score (nSPS) is 11.3. The summed E-state index contributed by atoms with van der Waals surface area (Å²) in [4.78, 5) is 6.68. The van der Waals surface area contributed by atoms with Crippen molar-refractivity contribution in [3.63, 3.8) is 0 Å². The Kier molecular flexibility index (Phi) is 6.68. The van der Waals surface area contributed by atoms with Crippen LogP contribution in [0.25, 0.3) is 0 Å². The van der Waals surface area contributed by atoms with Crippen molar-refractivity contribution >= 4 is 5.96 Å². The van der Waals surface area contributed by atoms with Crippen LogP contribution in [0.1, 0.15) is 23.7 Å². The van der Waals surface area contributed by atoms with Gasteiger partial charge in [0, 0.05) is 26.2 Å². The third-order valence-corrected chi connectivity index (χ3v) is 3.83. The summed E-state index contributed by atoms with van der Waals surface area (Å²) in [5.41, 5.74) is 3.08. The van der Waals surface area contributed by atoms with E-state index < -0.39 is 0 Å². The number of aliphatic imine (C=N–C) groups is 1. The van der Waals surface area contributed by atoms with E-state index in [0.29, 0.717) is 13.1 Å². The molecular formula is C18H26N4O3. The average molecular weight is 346 g/mol. The largest absolute Gasteiger partial charge is 0.493 e. The highest BCUT2D eigenvalue weighted by molar-refractivity contribution is 5.79. The van der Waals surface area contributed by atoms with Crippen molar-refractivity contribution < 1.29 is 14.0 Å². The van der Waals surface area contributed by atoms with Gasteiger partial charge >= 0.3 is 0 Å². The van der Waals surface area contributed by atoms with Gasteiger partial charge in [0.15, 0.2) is 17.5 Å². The molecule has 0 saturated carbocycles. The number of benzene rings is 1. The summed E-state index contributed by atoms with van der Waals surface area (Å²) in [5.74, 6) is 2.26. The van der Waals surface area contributed by atoms with Crippen molar-refractivity contribution in [2.75, 3.05) is 27.8 Å². The van der Waals surface area contributed by atoms with E-state index in [0.717, 1.165) is 40.8 Å². The number of methoxy groups -OCH3 is 2. The lowest BCUT2D eigenvalue weighted by Gasteiger charge is -2.23. The molecule has 1 aromatic heterocycles. The maximum absolute atomic E-state index is 5.41. The number of rotatable bonds is 7. The third kappa shape index (κ3) is 4.89. The number of guanidine groups is 1. The predicted octanol–water partition coefficient (Wildman–Crippen LogP) is 2.60. The molecule has 2 rings (SSSR count). The highest BCUT2D eigenvalue weighted by atomic mass is 16.5. The maximum Gasteiger partial charge on any atom is 0.194 e. The number of hydrogen-bond donors (Lipinski definition) is 1. The van der Waals surface area contributed by atoms with Crippen molar-refractivity contribution in [2.24, 2.45) is 4.99 Å². The van der Waals surface area contributed by atoms with Gasteiger partial charge in [-0.25, -0.2) is 4.99 Å². The number of nitrogens with one attached hydrogen (secondary N) is 1. The van der Waals surface area contributed by atoms with Gasteiger partial charge in [-0.3, -0.25) is 0 Å². The first kappa shape index (κ1) is 18.6. The Labute approximate surface area is 148 Å². The molecule has 0 spiro atoms. The lowest BCUT2D eigenvalue weighted by atomic mass is 10.1. The molecule has 2 aromatic rings. The van der Waals surface area contributed by atoms with E-state index in [2.05, 4.69) is 27.3 Å². The molecule has 0 amide bonds. The van der Waals surface area contributed by atoms with Gasteiger partial charge in [-0.1, -0.05) is 5.16 Å². The molecule has 25 heavy (non-hydrogen) atoms. The molecule has 1 heterocycles. The highest BCUT2D eigenvalue weighted by Crippen LogP contribution is 2.30. The van der Waals surface area contributed by atoms with E-state index in [9.17, 15) is 0 Å². The Morgan fingerprint density at radius 1 is 1.28 bits per heavy atom. The van der Waals surface area contributed by atoms with Crippen LogP contribution in [0.4, 0.5) is 0 Å². The van der Waals surface area contributed by atoms with Gasteiger partial charge in [0.25, 0.3) is 0 Å². The summed E-state index contributed by atoms with van der Waals surface area (Å²) in [7, 11) is 5.29. The second-order valence-corrected chi connectivity index (χ2v) is 5.65. The van der Waals surface area contributed by atoms with Crippen LogP contribution in [0.3, 0.4) is 0 Å². The van der Waals surface area contributed by atoms with Crippen molar-refractivity contribution in [2.45, 2.75) is 26.9 Å². The Hall–Kier alpha value is -2.70. The van der Waals surface area contributed by atoms with E-state index in [1.807, 2.05) is 32.2 Å². The van der Waals surface area contributed by atoms with Crippen LogP contribution in [-0.4, -0.2) is 43.8 Å². The molecule has 0 aliphatic carbocycles. The fraction of sp³-hybridized carbons (Fsp3) is 0.444. The van der Waals surface area contributed by atoms with Crippen LogP contribution in [0, 0.1) is 6.92 Å². The molecule has 1 aromatic carbocycles. The summed E-state index contributed by atoms with van der Waals surface area (Å²) in [6.45, 7) is 6.05. The first-order valence-electron chi connectivity index (χ1n) is 8.19. The van der Waals surface area contributed by atoms with Gasteiger partial charge in [-0.15, -0.1) is 0 Å². The van der Waals surface area contributed by atoms with Crippen LogP contribution in [0.2, 0.25) is 0 Å². The fourth-order valence-electron chi connectivity index (χ4n) is 2.47. The van der Waals surface area contributed by atoms with Crippen molar-refractivity contribution in [1.29, 1.82) is 0 Å². The van der Waals surface area contributed by atoms with Gasteiger partial charge in [0.2, 0.25) is 0 Å². The lowest BCUT2D eigenvalue weighted by Crippen LogP contribution is -2.38. The van der Waals surface area contributed by atoms with Gasteiger partial charge in [-0.2, -0.15) is 0 Å². The van der Waals surface area contributed by atoms with Crippen LogP contribution in [0.15, 0.2) is 34.0 Å². The number of aromatic nitrogens is 1. The van der Waals surface area contributed by atoms with Crippen molar-refractivity contribution in [1.82, 2.24) is 15.4 Å². The molecule has 0 bridgehead atoms. The van der Waals surface area contributed by atoms with Crippen LogP contribution < -0.4 is 14.8 Å². The van der Waals surface area contributed by atoms with Gasteiger partial charge in [-0.05, 0) is 37.1 Å². The molecule has 136 valence electrons. The summed E-state index contributed by atoms with van der Waals surface area (Å²) in [6, 6.07) is 5.80. The lowest BCUT2D eigenvalue weighted by molar-refractivity contribution is 0.353. The smallest absolute Gasteiger partial charge is 0.194 e. The molecule has 7 heteroatoms. The number of aryl methyl sites for hydroxylation is 1. The molecule has 0 aliphatic heterocycles. The molecular weight excluding hydrogens is 320 g/mol. The van der Waals surface area contributed by atoms with Crippen LogP contribution in [0.5, 0.6) is 11.5 Å². The second-order valence-electron chi connectivity index (χ2n) is 5.65. The highest BCUT2D eigenvalue weighted by Gasteiger charge is 2.12. The minimum Gasteiger partial charge on any atom is -0.493 e. The number of nitrogens with zero attached hydrogens (tertiary/aromatic N) is 3. The second kappa shape index (κ2) is 8.96. The minimum atomic E-state index is 0.466. The number of hydrogen-bond acceptors (Lipinski definition) is 5. The Bertz CT molecular complexity index is 699. The zero-order valence-corrected chi connectivity index (χ0v) is 15.5. The van der Waals surface area contributed by atoms with Gasteiger partial charge in [0.1, 0.15) is 12.0 Å². The molecule has 0 fully saturated rings. The first-order chi connectivity index (χ1) is 12.1. The zero-order chi connectivity index (χ0) is 18.2. The predicted molar refractivity (Wildman–Crippen MR) is 97.1 cm³/mol. The van der Waals surface area contributed by atoms with Crippen molar-refractivity contribution in [3.05, 3.63) is 41.3 Å². The van der Waals surface area contributed by atoms with Crippen LogP contribution >= 0.6 is 0 Å². The topological polar surface area (TPSA) is 72.1 Å². The third-order valence-electron chi connectivity index (χ3n) is 3.83. The molecule has 0 aliphatic rings. The van der Waals surface area contributed by atoms with Gasteiger partial charge < -0.3 is 24.2 Å². The number of ether oxygens (including phenoxy) is 2. The van der Waals surface area contributed by atoms with E-state index in [1.165, 1.54) is 0 Å². The molecule has 0 saturated heterocycles. The van der Waals surface area contributed by atoms with E-state index in [-0.39, 0.29) is 0 Å². The summed E-state index contributed by atoms with van der Waals surface area (Å²) in [5, 5.41) is 7.19. The van der Waals surface area contributed by atoms with Gasteiger partial charge in [0.05, 0.1) is 20.8 Å². The molecule has 0 atom stereocenters. The van der Waals surface area contributed by atoms with Crippen LogP contribution in [-0.2, 0) is 13.1 Å². The SMILES string of the molecule is CCNC(=NCc1ccon1)N(C)Cc1cc(OC)c(OC)cc1C. The Balaban J connectivity index is 2.17. The van der Waals surface area contributed by atoms with E-state index in [4.69, 9.17) is 14.0 Å². The Morgan fingerprint density at radius 3 is 2.60 bits per heavy atom. The first-order valence-corrected chi connectivity index (χ1v) is 8.19. The van der Waals surface area contributed by atoms with E-state index in [1.54, 1.807) is 20.5 Å². The quantitative estimate of drug-likeness (QED) is 0.614. The molecule has 0 unspecified atom stereocenters. The standard InChI is InChI=1S/C18H26N4O3/c1-6-19-18(20-11-15-7-8-25-21-15)22(3)12-14-10-17(24-5)16(23-4)9-13(14)2/h7-10H,6,11-12H2,1-5H3,(H,19,20). The zero-order valence-electron chi connectivity index (χ0n) is 15.5. The Morgan fingerprint density at radius 2 is 2.00 bits per heavy atom. The molecule has 1 N–H and O–H groups in total. The summed E-state index contributed by atoms with van der Waals surface area (Å²) >= 11 is 0. The summed E-state index contributed by atoms with van der Waals surface area (Å²) < 4.78 is 15.6. The van der Waals surface area contributed by atoms with Crippen molar-refractivity contribution in [3.8, 4) is 11.5 Å².